The second-order valence-corrected chi connectivity index (χ2v) is 12.2. The van der Waals surface area contributed by atoms with Crippen molar-refractivity contribution in [1.29, 1.82) is 0 Å². The average Bonchev–Trinajstić information content (AvgIpc) is 3.44. The SMILES string of the molecule is C=C(Nc1cc(NC(=C)C2C(c3cccc(C)c3)C2(Cl)Cl)ccc1Cl)c1ccc(C(C)(C)C)cc1.CC. The lowest BCUT2D eigenvalue weighted by Crippen LogP contribution is -2.10. The van der Waals surface area contributed by atoms with E-state index in [0.29, 0.717) is 5.02 Å². The standard InChI is InChI=1S/C30H31Cl3N2.C2H6/c1-18-8-7-9-22(16-18)28-27(30(28,32)33)20(3)34-24-14-15-25(31)26(17-24)35-19(2)21-10-12-23(13-11-21)29(4,5)6;1-2/h7-17,27-28,34-35H,2-3H2,1,4-6H3;1-2H3. The number of allylic oxidation sites excluding steroid dienone is 1. The van der Waals surface area contributed by atoms with E-state index in [-0.39, 0.29) is 17.3 Å². The van der Waals surface area contributed by atoms with Crippen LogP contribution in [0.3, 0.4) is 0 Å². The Morgan fingerprint density at radius 3 is 2.14 bits per heavy atom. The molecule has 2 N–H and O–H groups in total. The van der Waals surface area contributed by atoms with Gasteiger partial charge in [-0.25, -0.2) is 0 Å². The molecule has 0 bridgehead atoms. The minimum Gasteiger partial charge on any atom is -0.359 e. The summed E-state index contributed by atoms with van der Waals surface area (Å²) in [5, 5.41) is 7.34. The second-order valence-electron chi connectivity index (χ2n) is 10.3. The number of benzene rings is 3. The van der Waals surface area contributed by atoms with Crippen LogP contribution < -0.4 is 10.6 Å². The first-order chi connectivity index (χ1) is 17.4. The van der Waals surface area contributed by atoms with Crippen LogP contribution in [-0.2, 0) is 5.41 Å². The maximum atomic E-state index is 6.67. The molecular weight excluding hydrogens is 519 g/mol. The van der Waals surface area contributed by atoms with Crippen molar-refractivity contribution in [2.45, 2.75) is 57.2 Å². The van der Waals surface area contributed by atoms with Crippen LogP contribution in [-0.4, -0.2) is 4.33 Å². The molecule has 37 heavy (non-hydrogen) atoms. The van der Waals surface area contributed by atoms with E-state index in [2.05, 4.69) is 94.0 Å². The maximum absolute atomic E-state index is 6.67. The van der Waals surface area contributed by atoms with Gasteiger partial charge in [0.05, 0.1) is 10.7 Å². The third-order valence-electron chi connectivity index (χ3n) is 6.49. The molecule has 0 aromatic heterocycles. The molecule has 0 radical (unpaired) electrons. The first-order valence-electron chi connectivity index (χ1n) is 12.6. The number of aryl methyl sites for hydroxylation is 1. The molecule has 0 heterocycles. The van der Waals surface area contributed by atoms with Crippen molar-refractivity contribution in [1.82, 2.24) is 0 Å². The van der Waals surface area contributed by atoms with Gasteiger partial charge in [0.1, 0.15) is 4.33 Å². The van der Waals surface area contributed by atoms with Crippen molar-refractivity contribution in [3.63, 3.8) is 0 Å². The third-order valence-corrected chi connectivity index (χ3v) is 7.76. The van der Waals surface area contributed by atoms with E-state index in [1.807, 2.05) is 38.1 Å². The molecule has 1 saturated carbocycles. The third kappa shape index (κ3) is 6.74. The lowest BCUT2D eigenvalue weighted by atomic mass is 9.86. The molecule has 196 valence electrons. The van der Waals surface area contributed by atoms with Gasteiger partial charge < -0.3 is 10.6 Å². The van der Waals surface area contributed by atoms with Crippen molar-refractivity contribution >= 4 is 51.9 Å². The minimum atomic E-state index is -0.890. The number of nitrogens with one attached hydrogen (secondary N) is 2. The van der Waals surface area contributed by atoms with E-state index in [1.54, 1.807) is 0 Å². The van der Waals surface area contributed by atoms with Crippen LogP contribution in [0.5, 0.6) is 0 Å². The molecule has 3 aromatic carbocycles. The predicted molar refractivity (Wildman–Crippen MR) is 165 cm³/mol. The Labute approximate surface area is 237 Å². The molecule has 5 heteroatoms. The summed E-state index contributed by atoms with van der Waals surface area (Å²) >= 11 is 19.8. The Morgan fingerprint density at radius 1 is 0.892 bits per heavy atom. The highest BCUT2D eigenvalue weighted by molar-refractivity contribution is 6.52. The summed E-state index contributed by atoms with van der Waals surface area (Å²) in [5.41, 5.74) is 7.81. The first-order valence-corrected chi connectivity index (χ1v) is 13.8. The van der Waals surface area contributed by atoms with Gasteiger partial charge in [0.15, 0.2) is 0 Å². The summed E-state index contributed by atoms with van der Waals surface area (Å²) in [6, 6.07) is 22.4. The Balaban J connectivity index is 0.00000186. The second kappa shape index (κ2) is 11.6. The molecule has 0 amide bonds. The van der Waals surface area contributed by atoms with E-state index >= 15 is 0 Å². The van der Waals surface area contributed by atoms with Gasteiger partial charge in [0.2, 0.25) is 0 Å². The van der Waals surface area contributed by atoms with Crippen molar-refractivity contribution in [3.05, 3.63) is 113 Å². The zero-order valence-corrected chi connectivity index (χ0v) is 24.8. The number of halogens is 3. The Kier molecular flexibility index (Phi) is 9.11. The molecule has 1 fully saturated rings. The van der Waals surface area contributed by atoms with Crippen LogP contribution in [0.1, 0.15) is 62.8 Å². The zero-order valence-electron chi connectivity index (χ0n) is 22.6. The first kappa shape index (κ1) is 29.2. The molecule has 3 aromatic rings. The van der Waals surface area contributed by atoms with Gasteiger partial charge >= 0.3 is 0 Å². The Bertz CT molecular complexity index is 1270. The molecule has 2 nitrogen and oxygen atoms in total. The summed E-state index contributed by atoms with van der Waals surface area (Å²) in [7, 11) is 0. The van der Waals surface area contributed by atoms with Crippen molar-refractivity contribution < 1.29 is 0 Å². The highest BCUT2D eigenvalue weighted by atomic mass is 35.5. The monoisotopic (exact) mass is 554 g/mol. The van der Waals surface area contributed by atoms with Gasteiger partial charge in [0.25, 0.3) is 0 Å². The fraction of sp³-hybridized carbons (Fsp3) is 0.312. The van der Waals surface area contributed by atoms with Crippen LogP contribution in [0, 0.1) is 12.8 Å². The van der Waals surface area contributed by atoms with Gasteiger partial charge in [0, 0.05) is 28.9 Å². The van der Waals surface area contributed by atoms with Gasteiger partial charge in [-0.2, -0.15) is 0 Å². The van der Waals surface area contributed by atoms with Gasteiger partial charge in [-0.15, -0.1) is 23.2 Å². The molecular formula is C32H37Cl3N2. The van der Waals surface area contributed by atoms with Gasteiger partial charge in [-0.3, -0.25) is 0 Å². The summed E-state index contributed by atoms with van der Waals surface area (Å²) in [6.45, 7) is 21.1. The number of anilines is 2. The summed E-state index contributed by atoms with van der Waals surface area (Å²) in [5.74, 6) is -0.109. The topological polar surface area (TPSA) is 24.1 Å². The summed E-state index contributed by atoms with van der Waals surface area (Å²) in [4.78, 5) is 0. The molecule has 0 aliphatic heterocycles. The molecule has 1 aliphatic carbocycles. The van der Waals surface area contributed by atoms with E-state index in [0.717, 1.165) is 33.9 Å². The molecule has 2 unspecified atom stereocenters. The fourth-order valence-electron chi connectivity index (χ4n) is 4.41. The fourth-order valence-corrected chi connectivity index (χ4v) is 5.46. The predicted octanol–water partition coefficient (Wildman–Crippen LogP) is 10.6. The van der Waals surface area contributed by atoms with Crippen LogP contribution in [0.15, 0.2) is 85.6 Å². The number of hydrogen-bond acceptors (Lipinski definition) is 2. The maximum Gasteiger partial charge on any atom is 0.134 e. The van der Waals surface area contributed by atoms with E-state index in [4.69, 9.17) is 34.8 Å². The highest BCUT2D eigenvalue weighted by Gasteiger charge is 2.65. The van der Waals surface area contributed by atoms with Crippen molar-refractivity contribution in [2.75, 3.05) is 10.6 Å². The molecule has 1 aliphatic rings. The Morgan fingerprint density at radius 2 is 1.54 bits per heavy atom. The lowest BCUT2D eigenvalue weighted by molar-refractivity contribution is 0.590. The van der Waals surface area contributed by atoms with E-state index in [9.17, 15) is 0 Å². The number of rotatable bonds is 7. The zero-order chi connectivity index (χ0) is 27.5. The van der Waals surface area contributed by atoms with E-state index < -0.39 is 4.33 Å². The summed E-state index contributed by atoms with van der Waals surface area (Å²) in [6.07, 6.45) is 0. The molecule has 4 rings (SSSR count). The smallest absolute Gasteiger partial charge is 0.134 e. The summed E-state index contributed by atoms with van der Waals surface area (Å²) < 4.78 is -0.890. The lowest BCUT2D eigenvalue weighted by Gasteiger charge is -2.20. The van der Waals surface area contributed by atoms with Gasteiger partial charge in [-0.05, 0) is 47.2 Å². The van der Waals surface area contributed by atoms with E-state index in [1.165, 1.54) is 11.1 Å². The largest absolute Gasteiger partial charge is 0.359 e. The van der Waals surface area contributed by atoms with Crippen LogP contribution in [0.2, 0.25) is 5.02 Å². The molecule has 0 spiro atoms. The molecule has 2 atom stereocenters. The molecule has 0 saturated heterocycles. The Hall–Kier alpha value is -2.39. The van der Waals surface area contributed by atoms with Crippen LogP contribution in [0.4, 0.5) is 11.4 Å². The van der Waals surface area contributed by atoms with Crippen LogP contribution >= 0.6 is 34.8 Å². The quantitative estimate of drug-likeness (QED) is 0.283. The van der Waals surface area contributed by atoms with Gasteiger partial charge in [-0.1, -0.05) is 113 Å². The van der Waals surface area contributed by atoms with Crippen LogP contribution in [0.25, 0.3) is 5.70 Å². The van der Waals surface area contributed by atoms with Crippen molar-refractivity contribution in [2.24, 2.45) is 5.92 Å². The number of hydrogen-bond donors (Lipinski definition) is 2. The number of alkyl halides is 2. The van der Waals surface area contributed by atoms with Crippen molar-refractivity contribution in [3.8, 4) is 0 Å². The average molecular weight is 556 g/mol. The normalized spacial score (nSPS) is 17.8. The highest BCUT2D eigenvalue weighted by Crippen LogP contribution is 2.67. The minimum absolute atomic E-state index is 0.00789.